The Morgan fingerprint density at radius 2 is 2.04 bits per heavy atom. The average molecular weight is 331 g/mol. The van der Waals surface area contributed by atoms with Crippen LogP contribution in [-0.2, 0) is 6.42 Å². The molecule has 2 aromatic rings. The molecule has 0 aliphatic heterocycles. The third kappa shape index (κ3) is 3.00. The Hall–Kier alpha value is -1.80. The van der Waals surface area contributed by atoms with Crippen molar-refractivity contribution in [2.45, 2.75) is 33.3 Å². The van der Waals surface area contributed by atoms with Crippen LogP contribution in [0.5, 0.6) is 5.75 Å². The Morgan fingerprint density at radius 1 is 1.30 bits per heavy atom. The highest BCUT2D eigenvalue weighted by molar-refractivity contribution is 6.30. The number of fused-ring (bicyclic) bond motifs is 1. The van der Waals surface area contributed by atoms with Gasteiger partial charge in [0, 0.05) is 10.9 Å². The molecule has 1 nitrogen and oxygen atoms in total. The van der Waals surface area contributed by atoms with E-state index in [9.17, 15) is 4.39 Å². The molecular formula is C20H20ClFO. The van der Waals surface area contributed by atoms with Crippen LogP contribution in [0.2, 0.25) is 5.02 Å². The monoisotopic (exact) mass is 330 g/mol. The van der Waals surface area contributed by atoms with Gasteiger partial charge in [0.05, 0.1) is 0 Å². The highest BCUT2D eigenvalue weighted by Crippen LogP contribution is 2.42. The summed E-state index contributed by atoms with van der Waals surface area (Å²) < 4.78 is 20.4. The van der Waals surface area contributed by atoms with E-state index in [1.807, 2.05) is 25.1 Å². The molecule has 3 rings (SSSR count). The minimum Gasteiger partial charge on any atom is -0.482 e. The van der Waals surface area contributed by atoms with Crippen LogP contribution in [0.3, 0.4) is 0 Å². The van der Waals surface area contributed by atoms with E-state index in [2.05, 4.69) is 20.4 Å². The summed E-state index contributed by atoms with van der Waals surface area (Å²) in [7, 11) is 0. The Morgan fingerprint density at radius 3 is 2.70 bits per heavy atom. The average Bonchev–Trinajstić information content (AvgIpc) is 2.78. The van der Waals surface area contributed by atoms with Gasteiger partial charge >= 0.3 is 0 Å². The summed E-state index contributed by atoms with van der Waals surface area (Å²) in [4.78, 5) is 0. The van der Waals surface area contributed by atoms with E-state index in [0.717, 1.165) is 23.1 Å². The number of hydrogen-bond acceptors (Lipinski definition) is 1. The predicted octanol–water partition coefficient (Wildman–Crippen LogP) is 6.13. The van der Waals surface area contributed by atoms with E-state index in [1.54, 1.807) is 6.07 Å². The SMILES string of the molecule is C=C(C)c1ccc(O[C@H]2c3cc(Cl)cc(C)c3CC2C)c(F)c1. The van der Waals surface area contributed by atoms with E-state index in [1.165, 1.54) is 17.2 Å². The predicted molar refractivity (Wildman–Crippen MR) is 93.5 cm³/mol. The lowest BCUT2D eigenvalue weighted by atomic mass is 10.0. The Kier molecular flexibility index (Phi) is 4.20. The summed E-state index contributed by atoms with van der Waals surface area (Å²) in [5, 5.41) is 0.696. The molecule has 0 bridgehead atoms. The number of benzene rings is 2. The number of halogens is 2. The van der Waals surface area contributed by atoms with Crippen LogP contribution < -0.4 is 4.74 Å². The van der Waals surface area contributed by atoms with E-state index in [-0.39, 0.29) is 23.6 Å². The fourth-order valence-electron chi connectivity index (χ4n) is 3.25. The van der Waals surface area contributed by atoms with Gasteiger partial charge < -0.3 is 4.74 Å². The van der Waals surface area contributed by atoms with Gasteiger partial charge in [0.2, 0.25) is 0 Å². The maximum Gasteiger partial charge on any atom is 0.165 e. The molecule has 1 aliphatic rings. The largest absolute Gasteiger partial charge is 0.482 e. The fourth-order valence-corrected chi connectivity index (χ4v) is 3.53. The molecule has 3 heteroatoms. The number of ether oxygens (including phenoxy) is 1. The van der Waals surface area contributed by atoms with Crippen LogP contribution in [0.4, 0.5) is 4.39 Å². The molecule has 0 saturated carbocycles. The maximum atomic E-state index is 14.3. The maximum absolute atomic E-state index is 14.3. The van der Waals surface area contributed by atoms with Crippen LogP contribution in [0, 0.1) is 18.7 Å². The smallest absolute Gasteiger partial charge is 0.165 e. The number of rotatable bonds is 3. The highest BCUT2D eigenvalue weighted by Gasteiger charge is 2.33. The molecule has 1 unspecified atom stereocenters. The summed E-state index contributed by atoms with van der Waals surface area (Å²) >= 11 is 6.19. The second-order valence-electron chi connectivity index (χ2n) is 6.44. The van der Waals surface area contributed by atoms with Crippen LogP contribution in [-0.4, -0.2) is 0 Å². The molecule has 23 heavy (non-hydrogen) atoms. The minimum absolute atomic E-state index is 0.174. The molecule has 1 aliphatic carbocycles. The molecule has 0 amide bonds. The van der Waals surface area contributed by atoms with Gasteiger partial charge in [0.25, 0.3) is 0 Å². The fraction of sp³-hybridized carbons (Fsp3) is 0.300. The third-order valence-corrected chi connectivity index (χ3v) is 4.72. The van der Waals surface area contributed by atoms with Crippen molar-refractivity contribution in [3.8, 4) is 5.75 Å². The van der Waals surface area contributed by atoms with Gasteiger partial charge in [0.1, 0.15) is 6.10 Å². The molecule has 0 spiro atoms. The molecule has 2 aromatic carbocycles. The number of aryl methyl sites for hydroxylation is 1. The first-order valence-corrected chi connectivity index (χ1v) is 8.15. The first kappa shape index (κ1) is 16.1. The Labute approximate surface area is 141 Å². The van der Waals surface area contributed by atoms with Crippen molar-refractivity contribution < 1.29 is 9.13 Å². The molecule has 0 radical (unpaired) electrons. The number of hydrogen-bond donors (Lipinski definition) is 0. The van der Waals surface area contributed by atoms with Gasteiger partial charge in [-0.05, 0) is 66.8 Å². The molecule has 0 saturated heterocycles. The van der Waals surface area contributed by atoms with Crippen LogP contribution in [0.1, 0.15) is 42.2 Å². The van der Waals surface area contributed by atoms with Crippen molar-refractivity contribution >= 4 is 17.2 Å². The van der Waals surface area contributed by atoms with Gasteiger partial charge in [-0.2, -0.15) is 0 Å². The lowest BCUT2D eigenvalue weighted by molar-refractivity contribution is 0.152. The van der Waals surface area contributed by atoms with E-state index in [0.29, 0.717) is 5.02 Å². The molecule has 0 aromatic heterocycles. The first-order valence-electron chi connectivity index (χ1n) is 7.78. The van der Waals surface area contributed by atoms with Gasteiger partial charge in [-0.15, -0.1) is 0 Å². The van der Waals surface area contributed by atoms with E-state index in [4.69, 9.17) is 16.3 Å². The van der Waals surface area contributed by atoms with Crippen molar-refractivity contribution in [2.24, 2.45) is 5.92 Å². The van der Waals surface area contributed by atoms with Crippen molar-refractivity contribution in [1.82, 2.24) is 0 Å². The van der Waals surface area contributed by atoms with Gasteiger partial charge in [-0.25, -0.2) is 4.39 Å². The van der Waals surface area contributed by atoms with Crippen LogP contribution >= 0.6 is 11.6 Å². The third-order valence-electron chi connectivity index (χ3n) is 4.50. The minimum atomic E-state index is -0.357. The summed E-state index contributed by atoms with van der Waals surface area (Å²) in [6, 6.07) is 8.91. The molecule has 2 atom stereocenters. The second-order valence-corrected chi connectivity index (χ2v) is 6.87. The summed E-state index contributed by atoms with van der Waals surface area (Å²) in [6.07, 6.45) is 0.752. The highest BCUT2D eigenvalue weighted by atomic mass is 35.5. The topological polar surface area (TPSA) is 9.23 Å². The zero-order valence-corrected chi connectivity index (χ0v) is 14.4. The standard InChI is InChI=1S/C20H20ClFO/c1-11(2)14-5-6-19(18(22)9-14)23-20-13(4)8-16-12(3)7-15(21)10-17(16)20/h5-7,9-10,13,20H,1,8H2,2-4H3/t13?,20-/m1/s1. The Balaban J connectivity index is 1.94. The van der Waals surface area contributed by atoms with Crippen molar-refractivity contribution in [3.05, 3.63) is 70.0 Å². The Bertz CT molecular complexity index is 781. The summed E-state index contributed by atoms with van der Waals surface area (Å²) in [5.74, 6) is 0.199. The van der Waals surface area contributed by atoms with Crippen LogP contribution in [0.15, 0.2) is 36.9 Å². The lowest BCUT2D eigenvalue weighted by Gasteiger charge is -2.20. The molecular weight excluding hydrogens is 311 g/mol. The van der Waals surface area contributed by atoms with Gasteiger partial charge in [0.15, 0.2) is 11.6 Å². The number of allylic oxidation sites excluding steroid dienone is 1. The van der Waals surface area contributed by atoms with Gasteiger partial charge in [-0.1, -0.05) is 36.7 Å². The first-order chi connectivity index (χ1) is 10.9. The van der Waals surface area contributed by atoms with Crippen molar-refractivity contribution in [1.29, 1.82) is 0 Å². The molecule has 120 valence electrons. The van der Waals surface area contributed by atoms with Crippen molar-refractivity contribution in [3.63, 3.8) is 0 Å². The zero-order chi connectivity index (χ0) is 16.7. The summed E-state index contributed by atoms with van der Waals surface area (Å²) in [5.41, 5.74) is 5.13. The normalized spacial score (nSPS) is 19.5. The molecule has 0 N–H and O–H groups in total. The van der Waals surface area contributed by atoms with Gasteiger partial charge in [-0.3, -0.25) is 0 Å². The quantitative estimate of drug-likeness (QED) is 0.657. The van der Waals surface area contributed by atoms with Crippen LogP contribution in [0.25, 0.3) is 5.57 Å². The summed E-state index contributed by atoms with van der Waals surface area (Å²) in [6.45, 7) is 9.88. The molecule has 0 heterocycles. The van der Waals surface area contributed by atoms with Crippen molar-refractivity contribution in [2.75, 3.05) is 0 Å². The molecule has 0 fully saturated rings. The lowest BCUT2D eigenvalue weighted by Crippen LogP contribution is -2.12. The van der Waals surface area contributed by atoms with E-state index < -0.39 is 0 Å². The zero-order valence-electron chi connectivity index (χ0n) is 13.6. The van der Waals surface area contributed by atoms with E-state index >= 15 is 0 Å². The second kappa shape index (κ2) is 6.01.